The smallest absolute Gasteiger partial charge is 0.458 e. The topological polar surface area (TPSA) is 171 Å². The molecule has 0 radical (unpaired) electrons. The van der Waals surface area contributed by atoms with Gasteiger partial charge in [-0.2, -0.15) is 36.6 Å². The highest BCUT2D eigenvalue weighted by atomic mass is 35.5. The quantitative estimate of drug-likeness (QED) is 0.273. The first-order valence-corrected chi connectivity index (χ1v) is 15.8. The summed E-state index contributed by atoms with van der Waals surface area (Å²) in [6.45, 7) is 1.58. The molecule has 0 atom stereocenters. The molecule has 1 saturated carbocycles. The third kappa shape index (κ3) is 9.04. The number of Topliss-reactive ketones (excluding diaryl/α,β-unsaturated/α-hetero) is 2. The summed E-state index contributed by atoms with van der Waals surface area (Å²) in [5.74, 6) is -5.60. The van der Waals surface area contributed by atoms with Gasteiger partial charge in [0, 0.05) is 38.1 Å². The Bertz CT molecular complexity index is 1900. The van der Waals surface area contributed by atoms with Gasteiger partial charge >= 0.3 is 23.9 Å². The van der Waals surface area contributed by atoms with Gasteiger partial charge in [-0.3, -0.25) is 24.2 Å². The minimum Gasteiger partial charge on any atom is -0.483 e. The van der Waals surface area contributed by atoms with E-state index < -0.39 is 29.3 Å². The van der Waals surface area contributed by atoms with Gasteiger partial charge in [0.25, 0.3) is 5.91 Å². The van der Waals surface area contributed by atoms with Crippen LogP contribution in [0.2, 0.25) is 5.02 Å². The number of amides is 2. The van der Waals surface area contributed by atoms with E-state index in [0.717, 1.165) is 22.5 Å². The van der Waals surface area contributed by atoms with Crippen LogP contribution in [0, 0.1) is 16.7 Å². The number of nitrogens with one attached hydrogen (secondary N) is 2. The minimum atomic E-state index is -5.77. The number of anilines is 4. The van der Waals surface area contributed by atoms with Crippen molar-refractivity contribution >= 4 is 58.1 Å². The van der Waals surface area contributed by atoms with Gasteiger partial charge in [-0.05, 0) is 61.1 Å². The van der Waals surface area contributed by atoms with Gasteiger partial charge < -0.3 is 25.2 Å². The van der Waals surface area contributed by atoms with Gasteiger partial charge in [0.05, 0.1) is 24.2 Å². The van der Waals surface area contributed by atoms with Crippen LogP contribution in [0.4, 0.5) is 49.5 Å². The summed E-state index contributed by atoms with van der Waals surface area (Å²) in [5, 5.41) is 16.1. The standard InChI is InChI=1S/C28H27ClN8O3.C4F6O2/c29-22-15-32-27-34-21-11-18(13-31-14-21)1-2-19-12-20(33-25(22)35-27)3-4-23(19)40-16-24(38)36-7-9-37(10-8-36)26(39)28(17-30)5-6-28;5-3(6,7)1(11)2(12)4(8,9)10/h3-4,11-15H,1-2,5-10,16H2,(H2,32,33,34,35);. The molecule has 2 fully saturated rings. The number of hydrogen-bond acceptors (Lipinski definition) is 11. The van der Waals surface area contributed by atoms with E-state index >= 15 is 0 Å². The van der Waals surface area contributed by atoms with Gasteiger partial charge in [-0.25, -0.2) is 4.98 Å². The first kappa shape index (κ1) is 37.7. The lowest BCUT2D eigenvalue weighted by Gasteiger charge is -2.35. The van der Waals surface area contributed by atoms with Crippen LogP contribution in [0.5, 0.6) is 5.75 Å². The lowest BCUT2D eigenvalue weighted by atomic mass is 10.0. The average molecular weight is 753 g/mol. The van der Waals surface area contributed by atoms with Crippen molar-refractivity contribution in [3.63, 3.8) is 0 Å². The number of benzene rings is 1. The number of nitrogens with zero attached hydrogens (tertiary/aromatic N) is 6. The maximum Gasteiger partial charge on any atom is 0.458 e. The molecular formula is C32H27ClF6N8O5. The lowest BCUT2D eigenvalue weighted by molar-refractivity contribution is -0.193. The molecule has 52 heavy (non-hydrogen) atoms. The molecule has 2 aliphatic heterocycles. The maximum absolute atomic E-state index is 13.0. The highest BCUT2D eigenvalue weighted by Crippen LogP contribution is 2.46. The number of piperazine rings is 1. The molecule has 6 bridgehead atoms. The van der Waals surface area contributed by atoms with E-state index in [1.807, 2.05) is 30.5 Å². The van der Waals surface area contributed by atoms with Crippen LogP contribution < -0.4 is 15.4 Å². The minimum absolute atomic E-state index is 0.108. The highest BCUT2D eigenvalue weighted by Gasteiger charge is 2.54. The molecular weight excluding hydrogens is 726 g/mol. The number of fused-ring (bicyclic) bond motifs is 6. The predicted molar refractivity (Wildman–Crippen MR) is 170 cm³/mol. The van der Waals surface area contributed by atoms with Crippen molar-refractivity contribution in [3.8, 4) is 11.8 Å². The molecule has 2 amide bonds. The Labute approximate surface area is 295 Å². The molecule has 3 aromatic rings. The van der Waals surface area contributed by atoms with E-state index in [9.17, 15) is 50.8 Å². The average Bonchev–Trinajstić information content (AvgIpc) is 3.91. The summed E-state index contributed by atoms with van der Waals surface area (Å²) in [7, 11) is 0. The Kier molecular flexibility index (Phi) is 10.9. The SMILES string of the molecule is N#CC1(C(=O)N2CCN(C(=O)COc3ccc4cc3CCc3cncc(c3)Nc3ncc(Cl)c(n3)N4)CC2)CC1.O=C(C(=O)C(F)(F)F)C(F)(F)F. The predicted octanol–water partition coefficient (Wildman–Crippen LogP) is 4.71. The second kappa shape index (κ2) is 15.0. The molecule has 1 aliphatic carbocycles. The van der Waals surface area contributed by atoms with Gasteiger partial charge in [0.1, 0.15) is 16.2 Å². The Morgan fingerprint density at radius 2 is 1.54 bits per heavy atom. The van der Waals surface area contributed by atoms with Crippen molar-refractivity contribution in [2.75, 3.05) is 43.4 Å². The van der Waals surface area contributed by atoms with Crippen LogP contribution in [0.3, 0.4) is 0 Å². The lowest BCUT2D eigenvalue weighted by Crippen LogP contribution is -2.53. The zero-order valence-corrected chi connectivity index (χ0v) is 27.5. The zero-order chi connectivity index (χ0) is 37.8. The van der Waals surface area contributed by atoms with Crippen LogP contribution >= 0.6 is 11.6 Å². The van der Waals surface area contributed by atoms with Gasteiger partial charge in [0.15, 0.2) is 12.4 Å². The summed E-state index contributed by atoms with van der Waals surface area (Å²) in [5.41, 5.74) is 2.65. The van der Waals surface area contributed by atoms with Crippen molar-refractivity contribution < 1.29 is 50.3 Å². The fourth-order valence-corrected chi connectivity index (χ4v) is 5.33. The molecule has 20 heteroatoms. The molecule has 4 heterocycles. The fraction of sp³-hybridized carbons (Fsp3) is 0.375. The second-order valence-corrected chi connectivity index (χ2v) is 12.3. The first-order chi connectivity index (χ1) is 24.5. The Morgan fingerprint density at radius 1 is 0.885 bits per heavy atom. The number of rotatable bonds is 5. The van der Waals surface area contributed by atoms with Gasteiger partial charge in [0.2, 0.25) is 11.9 Å². The maximum atomic E-state index is 13.0. The van der Waals surface area contributed by atoms with Crippen molar-refractivity contribution in [1.82, 2.24) is 24.8 Å². The molecule has 2 N–H and O–H groups in total. The van der Waals surface area contributed by atoms with E-state index in [1.165, 1.54) is 6.20 Å². The normalized spacial score (nSPS) is 16.1. The number of halogens is 7. The number of aryl methyl sites for hydroxylation is 2. The molecule has 0 spiro atoms. The van der Waals surface area contributed by atoms with Crippen LogP contribution in [-0.4, -0.2) is 93.3 Å². The monoisotopic (exact) mass is 752 g/mol. The van der Waals surface area contributed by atoms with Crippen LogP contribution in [0.1, 0.15) is 24.0 Å². The number of pyridine rings is 1. The van der Waals surface area contributed by atoms with E-state index in [2.05, 4.69) is 31.7 Å². The third-order valence-corrected chi connectivity index (χ3v) is 8.44. The van der Waals surface area contributed by atoms with Crippen LogP contribution in [0.25, 0.3) is 0 Å². The Hall–Kier alpha value is -5.51. The molecule has 274 valence electrons. The number of nitriles is 1. The fourth-order valence-electron chi connectivity index (χ4n) is 5.19. The summed E-state index contributed by atoms with van der Waals surface area (Å²) >= 11 is 6.35. The number of carbonyl (C=O) groups excluding carboxylic acids is 4. The molecule has 1 aromatic carbocycles. The number of ether oxygens (including phenoxy) is 1. The molecule has 3 aliphatic rings. The van der Waals surface area contributed by atoms with Gasteiger partial charge in [-0.1, -0.05) is 11.6 Å². The van der Waals surface area contributed by atoms with Crippen molar-refractivity contribution in [2.24, 2.45) is 5.41 Å². The molecule has 6 rings (SSSR count). The van der Waals surface area contributed by atoms with Gasteiger partial charge in [-0.15, -0.1) is 0 Å². The zero-order valence-electron chi connectivity index (χ0n) is 26.8. The van der Waals surface area contributed by atoms with E-state index in [0.29, 0.717) is 74.4 Å². The number of aromatic nitrogens is 3. The van der Waals surface area contributed by atoms with E-state index in [-0.39, 0.29) is 18.4 Å². The molecule has 0 unspecified atom stereocenters. The third-order valence-electron chi connectivity index (χ3n) is 8.17. The van der Waals surface area contributed by atoms with Crippen molar-refractivity contribution in [3.05, 3.63) is 59.0 Å². The van der Waals surface area contributed by atoms with Crippen LogP contribution in [-0.2, 0) is 32.0 Å². The molecule has 2 aromatic heterocycles. The molecule has 13 nitrogen and oxygen atoms in total. The summed E-state index contributed by atoms with van der Waals surface area (Å²) < 4.78 is 73.0. The van der Waals surface area contributed by atoms with Crippen molar-refractivity contribution in [1.29, 1.82) is 5.26 Å². The number of hydrogen-bond donors (Lipinski definition) is 2. The number of ketones is 2. The van der Waals surface area contributed by atoms with E-state index in [4.69, 9.17) is 16.3 Å². The van der Waals surface area contributed by atoms with E-state index in [1.54, 1.807) is 16.0 Å². The largest absolute Gasteiger partial charge is 0.483 e. The Morgan fingerprint density at radius 3 is 2.15 bits per heavy atom. The second-order valence-electron chi connectivity index (χ2n) is 11.9. The first-order valence-electron chi connectivity index (χ1n) is 15.5. The Balaban J connectivity index is 0.000000376. The highest BCUT2D eigenvalue weighted by molar-refractivity contribution is 6.41. The molecule has 1 saturated heterocycles. The summed E-state index contributed by atoms with van der Waals surface area (Å²) in [6, 6.07) is 9.80. The summed E-state index contributed by atoms with van der Waals surface area (Å²) in [6.07, 6.45) is -3.88. The summed E-state index contributed by atoms with van der Waals surface area (Å²) in [4.78, 5) is 61.4. The van der Waals surface area contributed by atoms with Crippen LogP contribution in [0.15, 0.2) is 42.9 Å². The number of carbonyl (C=O) groups is 4. The number of alkyl halides is 6. The van der Waals surface area contributed by atoms with Crippen molar-refractivity contribution in [2.45, 2.75) is 38.0 Å².